The van der Waals surface area contributed by atoms with Crippen LogP contribution in [-0.4, -0.2) is 17.3 Å². The molecule has 2 aromatic carbocycles. The Bertz CT molecular complexity index is 1090. The van der Waals surface area contributed by atoms with Gasteiger partial charge in [0, 0.05) is 24.0 Å². The number of rotatable bonds is 3. The van der Waals surface area contributed by atoms with Crippen LogP contribution < -0.4 is 5.84 Å². The van der Waals surface area contributed by atoms with E-state index < -0.39 is 5.92 Å². The second-order valence-electron chi connectivity index (χ2n) is 10.8. The summed E-state index contributed by atoms with van der Waals surface area (Å²) in [5.41, 5.74) is 7.61. The molecule has 0 heterocycles. The molecule has 1 saturated carbocycles. The Morgan fingerprint density at radius 2 is 1.44 bits per heavy atom. The van der Waals surface area contributed by atoms with Crippen molar-refractivity contribution in [1.82, 2.24) is 0 Å². The first-order chi connectivity index (χ1) is 15.0. The van der Waals surface area contributed by atoms with Crippen LogP contribution in [0.5, 0.6) is 0 Å². The molecule has 4 rings (SSSR count). The molecule has 4 nitrogen and oxygen atoms in total. The third-order valence-corrected chi connectivity index (χ3v) is 7.59. The van der Waals surface area contributed by atoms with Gasteiger partial charge in [-0.2, -0.15) is 5.10 Å². The molecular formula is C28H34N2O2. The van der Waals surface area contributed by atoms with Gasteiger partial charge in [-0.25, -0.2) is 0 Å². The first-order valence-corrected chi connectivity index (χ1v) is 11.6. The van der Waals surface area contributed by atoms with Gasteiger partial charge in [-0.15, -0.1) is 0 Å². The van der Waals surface area contributed by atoms with E-state index in [1.807, 2.05) is 24.3 Å². The lowest BCUT2D eigenvalue weighted by atomic mass is 9.62. The standard InChI is InChI=1S/C28H34N2O2/c1-17-15-21-22(28(4,5)14-13-27(21,2)3)16-20(17)26(30-29)19-11-9-18(10-12-19)25-23(31)7-6-8-24(25)32/h9-12,15-16,25H,6-8,13-14,29H2,1-5H3/b30-26+. The van der Waals surface area contributed by atoms with Crippen LogP contribution in [0.4, 0.5) is 0 Å². The van der Waals surface area contributed by atoms with Gasteiger partial charge in [-0.1, -0.05) is 58.0 Å². The Balaban J connectivity index is 1.74. The van der Waals surface area contributed by atoms with Gasteiger partial charge < -0.3 is 5.84 Å². The van der Waals surface area contributed by atoms with Crippen LogP contribution in [0.1, 0.15) is 99.1 Å². The van der Waals surface area contributed by atoms with Crippen LogP contribution >= 0.6 is 0 Å². The highest BCUT2D eigenvalue weighted by molar-refractivity contribution is 6.14. The van der Waals surface area contributed by atoms with E-state index in [4.69, 9.17) is 5.84 Å². The number of nitrogens with two attached hydrogens (primary N) is 1. The van der Waals surface area contributed by atoms with Gasteiger partial charge in [0.05, 0.1) is 5.71 Å². The maximum absolute atomic E-state index is 12.3. The lowest BCUT2D eigenvalue weighted by Gasteiger charge is -2.42. The number of benzene rings is 2. The summed E-state index contributed by atoms with van der Waals surface area (Å²) in [6.45, 7) is 11.4. The van der Waals surface area contributed by atoms with Crippen molar-refractivity contribution >= 4 is 17.3 Å². The zero-order chi connectivity index (χ0) is 23.3. The van der Waals surface area contributed by atoms with Crippen molar-refractivity contribution in [1.29, 1.82) is 0 Å². The SMILES string of the molecule is Cc1cc2c(cc1/C(=N/N)c1ccc(C3C(=O)CCCC3=O)cc1)C(C)(C)CCC2(C)C. The summed E-state index contributed by atoms with van der Waals surface area (Å²) in [5.74, 6) is 5.34. The Labute approximate surface area is 191 Å². The predicted octanol–water partition coefficient (Wildman–Crippen LogP) is 5.46. The topological polar surface area (TPSA) is 72.5 Å². The highest BCUT2D eigenvalue weighted by atomic mass is 16.2. The summed E-state index contributed by atoms with van der Waals surface area (Å²) in [6, 6.07) is 12.2. The molecule has 1 fully saturated rings. The van der Waals surface area contributed by atoms with E-state index in [2.05, 4.69) is 51.9 Å². The van der Waals surface area contributed by atoms with Crippen LogP contribution in [0.2, 0.25) is 0 Å². The number of ketones is 2. The number of aryl methyl sites for hydroxylation is 1. The number of carbonyl (C=O) groups excluding carboxylic acids is 2. The van der Waals surface area contributed by atoms with Gasteiger partial charge in [-0.05, 0) is 65.3 Å². The van der Waals surface area contributed by atoms with E-state index in [0.717, 1.165) is 34.4 Å². The monoisotopic (exact) mass is 430 g/mol. The van der Waals surface area contributed by atoms with Crippen molar-refractivity contribution in [2.75, 3.05) is 0 Å². The number of fused-ring (bicyclic) bond motifs is 1. The first kappa shape index (κ1) is 22.4. The summed E-state index contributed by atoms with van der Waals surface area (Å²) < 4.78 is 0. The zero-order valence-corrected chi connectivity index (χ0v) is 19.9. The van der Waals surface area contributed by atoms with Gasteiger partial charge in [0.2, 0.25) is 0 Å². The minimum Gasteiger partial charge on any atom is -0.323 e. The number of Topliss-reactive ketones (excluding diaryl/α,β-unsaturated/α-hetero) is 2. The number of nitrogens with zero attached hydrogens (tertiary/aromatic N) is 1. The Morgan fingerprint density at radius 3 is 1.97 bits per heavy atom. The van der Waals surface area contributed by atoms with Gasteiger partial charge in [0.15, 0.2) is 0 Å². The fourth-order valence-corrected chi connectivity index (χ4v) is 5.39. The molecule has 0 aliphatic heterocycles. The molecule has 0 aromatic heterocycles. The third kappa shape index (κ3) is 3.80. The van der Waals surface area contributed by atoms with Crippen molar-refractivity contribution in [3.05, 3.63) is 69.8 Å². The van der Waals surface area contributed by atoms with Crippen LogP contribution in [0.3, 0.4) is 0 Å². The molecule has 0 bridgehead atoms. The average molecular weight is 431 g/mol. The summed E-state index contributed by atoms with van der Waals surface area (Å²) in [7, 11) is 0. The summed E-state index contributed by atoms with van der Waals surface area (Å²) in [6.07, 6.45) is 3.94. The molecule has 0 radical (unpaired) electrons. The minimum atomic E-state index is -0.621. The van der Waals surface area contributed by atoms with E-state index in [1.165, 1.54) is 17.5 Å². The van der Waals surface area contributed by atoms with E-state index in [0.29, 0.717) is 19.3 Å². The largest absolute Gasteiger partial charge is 0.323 e. The lowest BCUT2D eigenvalue weighted by molar-refractivity contribution is -0.131. The van der Waals surface area contributed by atoms with Crippen LogP contribution in [0.25, 0.3) is 0 Å². The minimum absolute atomic E-state index is 0.0251. The second kappa shape index (κ2) is 7.99. The molecule has 0 atom stereocenters. The maximum atomic E-state index is 12.3. The molecule has 2 aliphatic carbocycles. The Morgan fingerprint density at radius 1 is 0.906 bits per heavy atom. The number of carbonyl (C=O) groups is 2. The van der Waals surface area contributed by atoms with Gasteiger partial charge >= 0.3 is 0 Å². The smallest absolute Gasteiger partial charge is 0.147 e. The van der Waals surface area contributed by atoms with Crippen molar-refractivity contribution < 1.29 is 9.59 Å². The predicted molar refractivity (Wildman–Crippen MR) is 129 cm³/mol. The fraction of sp³-hybridized carbons (Fsp3) is 0.464. The second-order valence-corrected chi connectivity index (χ2v) is 10.8. The molecule has 0 saturated heterocycles. The zero-order valence-electron chi connectivity index (χ0n) is 19.9. The number of hydrogen-bond donors (Lipinski definition) is 1. The Hall–Kier alpha value is -2.75. The average Bonchev–Trinajstić information content (AvgIpc) is 2.74. The van der Waals surface area contributed by atoms with Crippen LogP contribution in [0, 0.1) is 6.92 Å². The lowest BCUT2D eigenvalue weighted by Crippen LogP contribution is -2.34. The van der Waals surface area contributed by atoms with Crippen LogP contribution in [0.15, 0.2) is 41.5 Å². The summed E-state index contributed by atoms with van der Waals surface area (Å²) in [4.78, 5) is 24.7. The van der Waals surface area contributed by atoms with E-state index in [9.17, 15) is 9.59 Å². The molecule has 2 N–H and O–H groups in total. The fourth-order valence-electron chi connectivity index (χ4n) is 5.39. The van der Waals surface area contributed by atoms with E-state index >= 15 is 0 Å². The van der Waals surface area contributed by atoms with Crippen molar-refractivity contribution in [2.24, 2.45) is 10.9 Å². The molecule has 2 aromatic rings. The van der Waals surface area contributed by atoms with Gasteiger partial charge in [0.1, 0.15) is 17.5 Å². The van der Waals surface area contributed by atoms with E-state index in [-0.39, 0.29) is 22.4 Å². The first-order valence-electron chi connectivity index (χ1n) is 11.6. The summed E-state index contributed by atoms with van der Waals surface area (Å²) >= 11 is 0. The summed E-state index contributed by atoms with van der Waals surface area (Å²) in [5, 5.41) is 4.18. The highest BCUT2D eigenvalue weighted by Gasteiger charge is 2.38. The number of hydrazone groups is 1. The van der Waals surface area contributed by atoms with Crippen molar-refractivity contribution in [3.63, 3.8) is 0 Å². The molecule has 2 aliphatic rings. The van der Waals surface area contributed by atoms with Gasteiger partial charge in [0.25, 0.3) is 0 Å². The quantitative estimate of drug-likeness (QED) is 0.304. The highest BCUT2D eigenvalue weighted by Crippen LogP contribution is 2.46. The molecule has 168 valence electrons. The Kier molecular flexibility index (Phi) is 5.60. The van der Waals surface area contributed by atoms with Gasteiger partial charge in [-0.3, -0.25) is 9.59 Å². The number of hydrogen-bond acceptors (Lipinski definition) is 4. The molecule has 0 amide bonds. The van der Waals surface area contributed by atoms with E-state index in [1.54, 1.807) is 0 Å². The third-order valence-electron chi connectivity index (χ3n) is 7.59. The maximum Gasteiger partial charge on any atom is 0.147 e. The van der Waals surface area contributed by atoms with Crippen LogP contribution in [-0.2, 0) is 20.4 Å². The van der Waals surface area contributed by atoms with Crippen molar-refractivity contribution in [3.8, 4) is 0 Å². The molecule has 0 unspecified atom stereocenters. The molecule has 0 spiro atoms. The normalized spacial score (nSPS) is 20.8. The molecular weight excluding hydrogens is 396 g/mol. The molecule has 4 heteroatoms. The van der Waals surface area contributed by atoms with Crippen molar-refractivity contribution in [2.45, 2.75) is 83.5 Å². The molecule has 32 heavy (non-hydrogen) atoms.